The molecule has 3 rings (SSSR count). The molecule has 0 aromatic heterocycles. The molecule has 0 spiro atoms. The number of phenolic OH excluding ortho intramolecular Hbond substituents is 1. The van der Waals surface area contributed by atoms with Crippen LogP contribution >= 0.6 is 0 Å². The van der Waals surface area contributed by atoms with E-state index in [1.165, 1.54) is 11.1 Å². The van der Waals surface area contributed by atoms with Gasteiger partial charge >= 0.3 is 0 Å². The Kier molecular flexibility index (Phi) is 6.09. The summed E-state index contributed by atoms with van der Waals surface area (Å²) >= 11 is 0. The number of rotatable bonds is 6. The predicted molar refractivity (Wildman–Crippen MR) is 102 cm³/mol. The molecule has 132 valence electrons. The summed E-state index contributed by atoms with van der Waals surface area (Å²) in [6.07, 6.45) is 4.44. The molecule has 1 saturated heterocycles. The molecule has 1 aliphatic rings. The van der Waals surface area contributed by atoms with Crippen molar-refractivity contribution in [2.75, 3.05) is 39.8 Å². The second kappa shape index (κ2) is 8.70. The Morgan fingerprint density at radius 3 is 2.44 bits per heavy atom. The first-order chi connectivity index (χ1) is 12.2. The zero-order chi connectivity index (χ0) is 17.5. The Balaban J connectivity index is 1.45. The Hall–Kier alpha value is -2.30. The molecule has 0 unspecified atom stereocenters. The number of phenols is 1. The van der Waals surface area contributed by atoms with Crippen LogP contribution in [0.5, 0.6) is 11.5 Å². The predicted octanol–water partition coefficient (Wildman–Crippen LogP) is 3.23. The number of aromatic hydroxyl groups is 1. The van der Waals surface area contributed by atoms with E-state index in [0.29, 0.717) is 5.75 Å². The van der Waals surface area contributed by atoms with Gasteiger partial charge in [0.2, 0.25) is 0 Å². The van der Waals surface area contributed by atoms with Crippen LogP contribution in [0.2, 0.25) is 0 Å². The Morgan fingerprint density at radius 2 is 1.72 bits per heavy atom. The summed E-state index contributed by atoms with van der Waals surface area (Å²) in [5, 5.41) is 9.69. The third kappa shape index (κ3) is 5.08. The van der Waals surface area contributed by atoms with Gasteiger partial charge in [0.25, 0.3) is 0 Å². The molecular weight excluding hydrogens is 312 g/mol. The van der Waals surface area contributed by atoms with Gasteiger partial charge in [-0.25, -0.2) is 0 Å². The summed E-state index contributed by atoms with van der Waals surface area (Å²) in [7, 11) is 1.58. The van der Waals surface area contributed by atoms with Crippen molar-refractivity contribution in [1.82, 2.24) is 9.80 Å². The van der Waals surface area contributed by atoms with Gasteiger partial charge < -0.3 is 9.84 Å². The number of piperazine rings is 1. The highest BCUT2D eigenvalue weighted by Crippen LogP contribution is 2.26. The zero-order valence-corrected chi connectivity index (χ0v) is 14.8. The lowest BCUT2D eigenvalue weighted by Gasteiger charge is -2.34. The van der Waals surface area contributed by atoms with Crippen molar-refractivity contribution >= 4 is 6.08 Å². The highest BCUT2D eigenvalue weighted by Gasteiger charge is 2.16. The van der Waals surface area contributed by atoms with Gasteiger partial charge in [-0.2, -0.15) is 0 Å². The van der Waals surface area contributed by atoms with E-state index in [4.69, 9.17) is 4.74 Å². The van der Waals surface area contributed by atoms with Crippen molar-refractivity contribution in [2.24, 2.45) is 0 Å². The lowest BCUT2D eigenvalue weighted by Crippen LogP contribution is -2.45. The lowest BCUT2D eigenvalue weighted by molar-refractivity contribution is 0.137. The van der Waals surface area contributed by atoms with Gasteiger partial charge in [0.15, 0.2) is 11.5 Å². The standard InChI is InChI=1S/C21H26N2O2/c1-25-21-16-19(9-10-20(21)24)17-23-14-12-22(13-15-23)11-5-8-18-6-3-2-4-7-18/h2-10,16,24H,11-15,17H2,1H3. The average molecular weight is 338 g/mol. The van der Waals surface area contributed by atoms with Crippen LogP contribution in [-0.2, 0) is 6.54 Å². The molecule has 0 atom stereocenters. The van der Waals surface area contributed by atoms with Crippen molar-refractivity contribution < 1.29 is 9.84 Å². The first-order valence-electron chi connectivity index (χ1n) is 8.77. The van der Waals surface area contributed by atoms with Gasteiger partial charge in [0, 0.05) is 39.3 Å². The van der Waals surface area contributed by atoms with Crippen LogP contribution in [0.25, 0.3) is 6.08 Å². The third-order valence-corrected chi connectivity index (χ3v) is 4.59. The molecule has 0 bridgehead atoms. The van der Waals surface area contributed by atoms with Gasteiger partial charge in [-0.1, -0.05) is 48.6 Å². The van der Waals surface area contributed by atoms with Crippen molar-refractivity contribution in [2.45, 2.75) is 6.54 Å². The first-order valence-corrected chi connectivity index (χ1v) is 8.77. The van der Waals surface area contributed by atoms with E-state index in [1.54, 1.807) is 13.2 Å². The summed E-state index contributed by atoms with van der Waals surface area (Å²) in [6, 6.07) is 16.0. The fourth-order valence-electron chi connectivity index (χ4n) is 3.11. The Labute approximate surface area is 150 Å². The first kappa shape index (κ1) is 17.5. The van der Waals surface area contributed by atoms with Crippen LogP contribution in [0.1, 0.15) is 11.1 Å². The van der Waals surface area contributed by atoms with Gasteiger partial charge in [-0.15, -0.1) is 0 Å². The number of hydrogen-bond donors (Lipinski definition) is 1. The molecule has 25 heavy (non-hydrogen) atoms. The smallest absolute Gasteiger partial charge is 0.160 e. The largest absolute Gasteiger partial charge is 0.504 e. The quantitative estimate of drug-likeness (QED) is 0.877. The molecule has 1 heterocycles. The Bertz CT molecular complexity index is 692. The van der Waals surface area contributed by atoms with Crippen molar-refractivity contribution in [1.29, 1.82) is 0 Å². The monoisotopic (exact) mass is 338 g/mol. The third-order valence-electron chi connectivity index (χ3n) is 4.59. The zero-order valence-electron chi connectivity index (χ0n) is 14.8. The summed E-state index contributed by atoms with van der Waals surface area (Å²) in [4.78, 5) is 4.93. The van der Waals surface area contributed by atoms with Crippen LogP contribution in [0, 0.1) is 0 Å². The highest BCUT2D eigenvalue weighted by atomic mass is 16.5. The number of benzene rings is 2. The van der Waals surface area contributed by atoms with E-state index < -0.39 is 0 Å². The van der Waals surface area contributed by atoms with Crippen molar-refractivity contribution in [3.05, 3.63) is 65.7 Å². The topological polar surface area (TPSA) is 35.9 Å². The van der Waals surface area contributed by atoms with Crippen LogP contribution in [0.15, 0.2) is 54.6 Å². The molecule has 1 fully saturated rings. The minimum absolute atomic E-state index is 0.196. The molecular formula is C21H26N2O2. The van der Waals surface area contributed by atoms with Crippen molar-refractivity contribution in [3.63, 3.8) is 0 Å². The van der Waals surface area contributed by atoms with E-state index in [2.05, 4.69) is 46.2 Å². The Morgan fingerprint density at radius 1 is 1.00 bits per heavy atom. The minimum Gasteiger partial charge on any atom is -0.504 e. The van der Waals surface area contributed by atoms with E-state index in [-0.39, 0.29) is 5.75 Å². The number of methoxy groups -OCH3 is 1. The van der Waals surface area contributed by atoms with Crippen LogP contribution < -0.4 is 4.74 Å². The number of nitrogens with zero attached hydrogens (tertiary/aromatic N) is 2. The molecule has 0 saturated carbocycles. The maximum Gasteiger partial charge on any atom is 0.160 e. The van der Waals surface area contributed by atoms with Gasteiger partial charge in [0.1, 0.15) is 0 Å². The van der Waals surface area contributed by atoms with Gasteiger partial charge in [-0.05, 0) is 23.3 Å². The molecule has 0 aliphatic carbocycles. The van der Waals surface area contributed by atoms with Crippen LogP contribution in [-0.4, -0.2) is 54.7 Å². The van der Waals surface area contributed by atoms with E-state index in [1.807, 2.05) is 18.2 Å². The molecule has 2 aromatic carbocycles. The maximum absolute atomic E-state index is 9.69. The maximum atomic E-state index is 9.69. The summed E-state index contributed by atoms with van der Waals surface area (Å²) < 4.78 is 5.19. The SMILES string of the molecule is COc1cc(CN2CCN(CC=Cc3ccccc3)CC2)ccc1O. The molecule has 0 amide bonds. The highest BCUT2D eigenvalue weighted by molar-refractivity contribution is 5.48. The fraction of sp³-hybridized carbons (Fsp3) is 0.333. The second-order valence-electron chi connectivity index (χ2n) is 6.40. The lowest BCUT2D eigenvalue weighted by atomic mass is 10.1. The molecule has 0 radical (unpaired) electrons. The summed E-state index contributed by atoms with van der Waals surface area (Å²) in [5.41, 5.74) is 2.43. The normalized spacial score (nSPS) is 16.4. The van der Waals surface area contributed by atoms with E-state index in [0.717, 1.165) is 39.3 Å². The van der Waals surface area contributed by atoms with E-state index in [9.17, 15) is 5.11 Å². The molecule has 4 nitrogen and oxygen atoms in total. The molecule has 4 heteroatoms. The van der Waals surface area contributed by atoms with Gasteiger partial charge in [0.05, 0.1) is 7.11 Å². The second-order valence-corrected chi connectivity index (χ2v) is 6.40. The number of ether oxygens (including phenoxy) is 1. The van der Waals surface area contributed by atoms with Crippen LogP contribution in [0.4, 0.5) is 0 Å². The molecule has 1 aliphatic heterocycles. The average Bonchev–Trinajstić information content (AvgIpc) is 2.65. The minimum atomic E-state index is 0.196. The summed E-state index contributed by atoms with van der Waals surface area (Å²) in [6.45, 7) is 6.16. The molecule has 2 aromatic rings. The van der Waals surface area contributed by atoms with Crippen molar-refractivity contribution in [3.8, 4) is 11.5 Å². The van der Waals surface area contributed by atoms with Crippen LogP contribution in [0.3, 0.4) is 0 Å². The number of hydrogen-bond acceptors (Lipinski definition) is 4. The summed E-state index contributed by atoms with van der Waals surface area (Å²) in [5.74, 6) is 0.739. The van der Waals surface area contributed by atoms with E-state index >= 15 is 0 Å². The van der Waals surface area contributed by atoms with Gasteiger partial charge in [-0.3, -0.25) is 9.80 Å². The molecule has 1 N–H and O–H groups in total. The fourth-order valence-corrected chi connectivity index (χ4v) is 3.11.